The Morgan fingerprint density at radius 1 is 1.12 bits per heavy atom. The first-order valence-electron chi connectivity index (χ1n) is 9.32. The van der Waals surface area contributed by atoms with Gasteiger partial charge in [-0.1, -0.05) is 32.8 Å². The molecule has 24 heavy (non-hydrogen) atoms. The second kappa shape index (κ2) is 6.30. The van der Waals surface area contributed by atoms with Crippen LogP contribution in [0.1, 0.15) is 51.5 Å². The molecule has 4 nitrogen and oxygen atoms in total. The minimum Gasteiger partial charge on any atom is -0.454 e. The van der Waals surface area contributed by atoms with Crippen molar-refractivity contribution in [3.63, 3.8) is 0 Å². The fraction of sp³-hybridized carbons (Fsp3) is 0.650. The number of carbonyl (C=O) groups excluding carboxylic acids is 1. The molecule has 2 fully saturated rings. The van der Waals surface area contributed by atoms with Crippen molar-refractivity contribution in [3.8, 4) is 11.5 Å². The molecule has 2 saturated carbocycles. The van der Waals surface area contributed by atoms with Crippen molar-refractivity contribution in [2.24, 2.45) is 17.8 Å². The van der Waals surface area contributed by atoms with E-state index >= 15 is 0 Å². The van der Waals surface area contributed by atoms with Crippen LogP contribution in [0, 0.1) is 17.8 Å². The molecular weight excluding hydrogens is 302 g/mol. The maximum absolute atomic E-state index is 13.0. The van der Waals surface area contributed by atoms with E-state index < -0.39 is 0 Å². The van der Waals surface area contributed by atoms with E-state index in [1.165, 1.54) is 12.8 Å². The van der Waals surface area contributed by atoms with E-state index in [-0.39, 0.29) is 5.92 Å². The molecule has 0 aromatic heterocycles. The van der Waals surface area contributed by atoms with Crippen LogP contribution in [-0.2, 0) is 11.3 Å². The lowest BCUT2D eigenvalue weighted by molar-refractivity contribution is -0.138. The zero-order chi connectivity index (χ0) is 16.7. The quantitative estimate of drug-likeness (QED) is 0.839. The van der Waals surface area contributed by atoms with E-state index in [9.17, 15) is 4.79 Å². The number of hydrogen-bond donors (Lipinski definition) is 0. The van der Waals surface area contributed by atoms with Gasteiger partial charge in [0.25, 0.3) is 0 Å². The van der Waals surface area contributed by atoms with Gasteiger partial charge in [0.2, 0.25) is 12.7 Å². The molecule has 1 amide bonds. The summed E-state index contributed by atoms with van der Waals surface area (Å²) in [6.45, 7) is 5.63. The predicted molar refractivity (Wildman–Crippen MR) is 91.8 cm³/mol. The van der Waals surface area contributed by atoms with Crippen LogP contribution in [0.4, 0.5) is 0 Å². The summed E-state index contributed by atoms with van der Waals surface area (Å²) in [5, 5.41) is 0. The van der Waals surface area contributed by atoms with Gasteiger partial charge in [-0.25, -0.2) is 0 Å². The minimum atomic E-state index is 0.267. The lowest BCUT2D eigenvalue weighted by Crippen LogP contribution is -2.47. The Bertz CT molecular complexity index is 625. The van der Waals surface area contributed by atoms with Gasteiger partial charge in [-0.2, -0.15) is 0 Å². The lowest BCUT2D eigenvalue weighted by Gasteiger charge is -2.42. The van der Waals surface area contributed by atoms with E-state index in [0.717, 1.165) is 36.3 Å². The van der Waals surface area contributed by atoms with Gasteiger partial charge in [0.05, 0.1) is 0 Å². The van der Waals surface area contributed by atoms with Gasteiger partial charge in [-0.15, -0.1) is 0 Å². The predicted octanol–water partition coefficient (Wildman–Crippen LogP) is 3.98. The normalized spacial score (nSPS) is 28.7. The SMILES string of the molecule is CC1CCCC(N(Cc2ccc3c(c2)OCO3)C(=O)C2CC2)C1C. The molecule has 4 rings (SSSR count). The van der Waals surface area contributed by atoms with Gasteiger partial charge in [-0.3, -0.25) is 4.79 Å². The standard InChI is InChI=1S/C20H27NO3/c1-13-4-3-5-17(14(13)2)21(20(22)16-7-8-16)11-15-6-9-18-19(10-15)24-12-23-18/h6,9-10,13-14,16-17H,3-5,7-8,11-12H2,1-2H3. The number of carbonyl (C=O) groups is 1. The Labute approximate surface area is 144 Å². The smallest absolute Gasteiger partial charge is 0.231 e. The third-order valence-electron chi connectivity index (χ3n) is 6.06. The van der Waals surface area contributed by atoms with Crippen molar-refractivity contribution in [2.45, 2.75) is 58.5 Å². The van der Waals surface area contributed by atoms with Crippen LogP contribution in [0.15, 0.2) is 18.2 Å². The first-order chi connectivity index (χ1) is 11.6. The highest BCUT2D eigenvalue weighted by atomic mass is 16.7. The molecule has 0 saturated heterocycles. The number of benzene rings is 1. The Morgan fingerprint density at radius 2 is 1.92 bits per heavy atom. The highest BCUT2D eigenvalue weighted by Gasteiger charge is 2.40. The highest BCUT2D eigenvalue weighted by Crippen LogP contribution is 2.39. The van der Waals surface area contributed by atoms with Crippen molar-refractivity contribution >= 4 is 5.91 Å². The van der Waals surface area contributed by atoms with E-state index in [0.29, 0.717) is 37.1 Å². The van der Waals surface area contributed by atoms with Gasteiger partial charge >= 0.3 is 0 Å². The molecule has 0 spiro atoms. The second-order valence-corrected chi connectivity index (χ2v) is 7.76. The van der Waals surface area contributed by atoms with Gasteiger partial charge in [-0.05, 0) is 48.8 Å². The summed E-state index contributed by atoms with van der Waals surface area (Å²) in [4.78, 5) is 15.1. The molecule has 4 heteroatoms. The Balaban J connectivity index is 1.57. The van der Waals surface area contributed by atoms with Crippen molar-refractivity contribution in [1.29, 1.82) is 0 Å². The minimum absolute atomic E-state index is 0.267. The van der Waals surface area contributed by atoms with E-state index in [1.807, 2.05) is 12.1 Å². The van der Waals surface area contributed by atoms with Crippen molar-refractivity contribution in [1.82, 2.24) is 4.90 Å². The maximum atomic E-state index is 13.0. The fourth-order valence-corrected chi connectivity index (χ4v) is 4.15. The molecular formula is C20H27NO3. The summed E-state index contributed by atoms with van der Waals surface area (Å²) < 4.78 is 10.9. The van der Waals surface area contributed by atoms with Gasteiger partial charge < -0.3 is 14.4 Å². The number of nitrogens with zero attached hydrogens (tertiary/aromatic N) is 1. The van der Waals surface area contributed by atoms with Crippen LogP contribution in [0.3, 0.4) is 0 Å². The summed E-state index contributed by atoms with van der Waals surface area (Å²) in [5.41, 5.74) is 1.14. The topological polar surface area (TPSA) is 38.8 Å². The number of hydrogen-bond acceptors (Lipinski definition) is 3. The monoisotopic (exact) mass is 329 g/mol. The third kappa shape index (κ3) is 2.99. The zero-order valence-electron chi connectivity index (χ0n) is 14.7. The van der Waals surface area contributed by atoms with E-state index in [2.05, 4.69) is 24.8 Å². The molecule has 1 aromatic carbocycles. The molecule has 0 radical (unpaired) electrons. The first kappa shape index (κ1) is 15.8. The largest absolute Gasteiger partial charge is 0.454 e. The zero-order valence-corrected chi connectivity index (χ0v) is 14.7. The molecule has 3 unspecified atom stereocenters. The summed E-state index contributed by atoms with van der Waals surface area (Å²) in [7, 11) is 0. The van der Waals surface area contributed by atoms with Crippen LogP contribution < -0.4 is 9.47 Å². The maximum Gasteiger partial charge on any atom is 0.231 e. The summed E-state index contributed by atoms with van der Waals surface area (Å²) in [6, 6.07) is 6.43. The van der Waals surface area contributed by atoms with Crippen molar-refractivity contribution in [3.05, 3.63) is 23.8 Å². The average Bonchev–Trinajstić information content (AvgIpc) is 3.33. The van der Waals surface area contributed by atoms with Crippen LogP contribution >= 0.6 is 0 Å². The van der Waals surface area contributed by atoms with Gasteiger partial charge in [0.15, 0.2) is 11.5 Å². The second-order valence-electron chi connectivity index (χ2n) is 7.76. The Kier molecular flexibility index (Phi) is 4.15. The molecule has 1 aromatic rings. The van der Waals surface area contributed by atoms with Crippen LogP contribution in [0.5, 0.6) is 11.5 Å². The fourth-order valence-electron chi connectivity index (χ4n) is 4.15. The molecule has 0 bridgehead atoms. The Morgan fingerprint density at radius 3 is 2.71 bits per heavy atom. The molecule has 2 aliphatic carbocycles. The highest BCUT2D eigenvalue weighted by molar-refractivity contribution is 5.81. The Hall–Kier alpha value is -1.71. The third-order valence-corrected chi connectivity index (χ3v) is 6.06. The lowest BCUT2D eigenvalue weighted by atomic mass is 9.77. The molecule has 130 valence electrons. The number of rotatable bonds is 4. The van der Waals surface area contributed by atoms with Crippen molar-refractivity contribution in [2.75, 3.05) is 6.79 Å². The molecule has 1 aliphatic heterocycles. The summed E-state index contributed by atoms with van der Waals surface area (Å²) in [5.74, 6) is 3.49. The van der Waals surface area contributed by atoms with Crippen LogP contribution in [-0.4, -0.2) is 23.6 Å². The summed E-state index contributed by atoms with van der Waals surface area (Å²) >= 11 is 0. The van der Waals surface area contributed by atoms with E-state index in [1.54, 1.807) is 0 Å². The molecule has 3 atom stereocenters. The van der Waals surface area contributed by atoms with Crippen LogP contribution in [0.25, 0.3) is 0 Å². The van der Waals surface area contributed by atoms with Crippen LogP contribution in [0.2, 0.25) is 0 Å². The molecule has 3 aliphatic rings. The van der Waals surface area contributed by atoms with E-state index in [4.69, 9.17) is 9.47 Å². The number of fused-ring (bicyclic) bond motifs is 1. The molecule has 1 heterocycles. The van der Waals surface area contributed by atoms with Crippen molar-refractivity contribution < 1.29 is 14.3 Å². The average molecular weight is 329 g/mol. The summed E-state index contributed by atoms with van der Waals surface area (Å²) in [6.07, 6.45) is 5.77. The molecule has 0 N–H and O–H groups in total. The van der Waals surface area contributed by atoms with Gasteiger partial charge in [0, 0.05) is 18.5 Å². The number of ether oxygens (including phenoxy) is 2. The van der Waals surface area contributed by atoms with Gasteiger partial charge in [0.1, 0.15) is 0 Å². The first-order valence-corrected chi connectivity index (χ1v) is 9.32. The number of amides is 1.